The molecule has 3 rings (SSSR count). The largest absolute Gasteiger partial charge is 0.466 e. The second-order valence-electron chi connectivity index (χ2n) is 6.45. The van der Waals surface area contributed by atoms with Crippen LogP contribution in [-0.4, -0.2) is 47.5 Å². The van der Waals surface area contributed by atoms with Crippen molar-refractivity contribution >= 4 is 51.7 Å². The fourth-order valence-electron chi connectivity index (χ4n) is 3.00. The average molecular weight is 437 g/mol. The highest BCUT2D eigenvalue weighted by Crippen LogP contribution is 2.23. The molecule has 1 aromatic heterocycles. The molecular weight excluding hydrogens is 416 g/mol. The minimum atomic E-state index is -0.476. The number of nitrogens with zero attached hydrogens (tertiary/aromatic N) is 2. The maximum absolute atomic E-state index is 12.6. The zero-order chi connectivity index (χ0) is 20.8. The first-order chi connectivity index (χ1) is 14.0. The van der Waals surface area contributed by atoms with Crippen molar-refractivity contribution in [2.75, 3.05) is 30.3 Å². The highest BCUT2D eigenvalue weighted by molar-refractivity contribution is 7.14. The van der Waals surface area contributed by atoms with Crippen molar-refractivity contribution in [3.05, 3.63) is 40.4 Å². The van der Waals surface area contributed by atoms with Crippen molar-refractivity contribution in [3.63, 3.8) is 0 Å². The quantitative estimate of drug-likeness (QED) is 0.693. The van der Waals surface area contributed by atoms with Gasteiger partial charge in [-0.15, -0.1) is 11.3 Å². The van der Waals surface area contributed by atoms with E-state index in [0.717, 1.165) is 0 Å². The predicted octanol–water partition coefficient (Wildman–Crippen LogP) is 3.86. The van der Waals surface area contributed by atoms with Crippen LogP contribution in [0.2, 0.25) is 5.02 Å². The van der Waals surface area contributed by atoms with Crippen LogP contribution in [-0.2, 0) is 9.53 Å². The van der Waals surface area contributed by atoms with Gasteiger partial charge in [-0.05, 0) is 38.0 Å². The highest BCUT2D eigenvalue weighted by atomic mass is 35.5. The summed E-state index contributed by atoms with van der Waals surface area (Å²) in [5.41, 5.74) is 0.815. The summed E-state index contributed by atoms with van der Waals surface area (Å²) in [6.45, 7) is 3.08. The van der Waals surface area contributed by atoms with Crippen LogP contribution in [0.15, 0.2) is 29.6 Å². The fraction of sp³-hybridized carbons (Fsp3) is 0.368. The van der Waals surface area contributed by atoms with E-state index in [9.17, 15) is 14.4 Å². The lowest BCUT2D eigenvalue weighted by Crippen LogP contribution is -2.40. The van der Waals surface area contributed by atoms with Crippen LogP contribution in [0, 0.1) is 5.92 Å². The zero-order valence-electron chi connectivity index (χ0n) is 15.8. The Balaban J connectivity index is 1.52. The number of halogens is 1. The summed E-state index contributed by atoms with van der Waals surface area (Å²) in [6, 6.07) is 6.29. The number of ether oxygens (including phenoxy) is 1. The Morgan fingerprint density at radius 2 is 2.03 bits per heavy atom. The fourth-order valence-corrected chi connectivity index (χ4v) is 3.87. The molecule has 1 fully saturated rings. The van der Waals surface area contributed by atoms with E-state index in [1.165, 1.54) is 11.3 Å². The smallest absolute Gasteiger partial charge is 0.325 e. The number of aromatic nitrogens is 1. The number of hydrogen-bond acceptors (Lipinski definition) is 6. The zero-order valence-corrected chi connectivity index (χ0v) is 17.4. The first-order valence-corrected chi connectivity index (χ1v) is 10.5. The van der Waals surface area contributed by atoms with Crippen molar-refractivity contribution in [2.45, 2.75) is 19.8 Å². The average Bonchev–Trinajstić information content (AvgIpc) is 3.16. The van der Waals surface area contributed by atoms with Gasteiger partial charge in [-0.25, -0.2) is 9.78 Å². The molecule has 1 saturated heterocycles. The molecular formula is C19H21ClN4O4S. The number of thiazole rings is 1. The predicted molar refractivity (Wildman–Crippen MR) is 111 cm³/mol. The summed E-state index contributed by atoms with van der Waals surface area (Å²) in [7, 11) is 0. The Hall–Kier alpha value is -2.65. The number of esters is 1. The molecule has 10 heteroatoms. The Morgan fingerprint density at radius 1 is 1.28 bits per heavy atom. The second kappa shape index (κ2) is 9.71. The highest BCUT2D eigenvalue weighted by Gasteiger charge is 2.29. The molecule has 1 aromatic carbocycles. The number of carbonyl (C=O) groups is 3. The van der Waals surface area contributed by atoms with Gasteiger partial charge < -0.3 is 15.0 Å². The van der Waals surface area contributed by atoms with Crippen LogP contribution in [0.4, 0.5) is 15.6 Å². The molecule has 0 atom stereocenters. The monoisotopic (exact) mass is 436 g/mol. The van der Waals surface area contributed by atoms with Crippen LogP contribution in [0.5, 0.6) is 0 Å². The molecule has 0 saturated carbocycles. The summed E-state index contributed by atoms with van der Waals surface area (Å²) >= 11 is 7.06. The molecule has 8 nitrogen and oxygen atoms in total. The van der Waals surface area contributed by atoms with Crippen molar-refractivity contribution in [2.24, 2.45) is 5.92 Å². The lowest BCUT2D eigenvalue weighted by molar-refractivity contribution is -0.149. The third kappa shape index (κ3) is 5.68. The van der Waals surface area contributed by atoms with Gasteiger partial charge in [0.25, 0.3) is 5.91 Å². The van der Waals surface area contributed by atoms with Crippen LogP contribution in [0.25, 0.3) is 0 Å². The molecule has 0 unspecified atom stereocenters. The maximum Gasteiger partial charge on any atom is 0.325 e. The van der Waals surface area contributed by atoms with Crippen molar-refractivity contribution < 1.29 is 19.1 Å². The molecule has 0 radical (unpaired) electrons. The molecule has 3 amide bonds. The number of piperidine rings is 1. The number of benzene rings is 1. The maximum atomic E-state index is 12.6. The molecule has 0 spiro atoms. The number of carbonyl (C=O) groups excluding carboxylic acids is 3. The Bertz CT molecular complexity index is 896. The lowest BCUT2D eigenvalue weighted by atomic mass is 9.97. The second-order valence-corrected chi connectivity index (χ2v) is 7.74. The topological polar surface area (TPSA) is 101 Å². The van der Waals surface area contributed by atoms with Gasteiger partial charge in [0.15, 0.2) is 5.13 Å². The van der Waals surface area contributed by atoms with E-state index in [1.807, 2.05) is 0 Å². The van der Waals surface area contributed by atoms with E-state index in [2.05, 4.69) is 15.6 Å². The summed E-state index contributed by atoms with van der Waals surface area (Å²) in [5.74, 6) is -0.584. The molecule has 2 aromatic rings. The normalized spacial score (nSPS) is 14.3. The number of rotatable bonds is 5. The van der Waals surface area contributed by atoms with E-state index in [-0.39, 0.29) is 23.5 Å². The Labute approximate surface area is 177 Å². The van der Waals surface area contributed by atoms with Crippen molar-refractivity contribution in [1.29, 1.82) is 0 Å². The van der Waals surface area contributed by atoms with Crippen molar-refractivity contribution in [1.82, 2.24) is 9.88 Å². The van der Waals surface area contributed by atoms with Gasteiger partial charge in [0, 0.05) is 29.2 Å². The van der Waals surface area contributed by atoms with E-state index in [4.69, 9.17) is 16.3 Å². The van der Waals surface area contributed by atoms with E-state index in [0.29, 0.717) is 48.4 Å². The number of anilines is 2. The lowest BCUT2D eigenvalue weighted by Gasteiger charge is -2.30. The standard InChI is InChI=1S/C19H21ClN4O4S/c1-2-28-17(26)12-6-8-24(9-7-12)16(25)15-11-29-19(22-15)23-18(27)21-14-5-3-4-13(20)10-14/h3-5,10-12H,2,6-9H2,1H3,(H2,21,22,23,27). The Morgan fingerprint density at radius 3 is 2.72 bits per heavy atom. The summed E-state index contributed by atoms with van der Waals surface area (Å²) in [5, 5.41) is 7.69. The van der Waals surface area contributed by atoms with Crippen LogP contribution >= 0.6 is 22.9 Å². The number of hydrogen-bond donors (Lipinski definition) is 2. The van der Waals surface area contributed by atoms with Gasteiger partial charge in [-0.1, -0.05) is 17.7 Å². The van der Waals surface area contributed by atoms with Gasteiger partial charge in [-0.3, -0.25) is 14.9 Å². The molecule has 1 aliphatic rings. The summed E-state index contributed by atoms with van der Waals surface area (Å²) < 4.78 is 5.04. The number of amides is 3. The van der Waals surface area contributed by atoms with Crippen LogP contribution < -0.4 is 10.6 Å². The van der Waals surface area contributed by atoms with E-state index < -0.39 is 6.03 Å². The van der Waals surface area contributed by atoms with Gasteiger partial charge >= 0.3 is 12.0 Å². The third-order valence-corrected chi connectivity index (χ3v) is 5.42. The van der Waals surface area contributed by atoms with Gasteiger partial charge in [0.05, 0.1) is 12.5 Å². The van der Waals surface area contributed by atoms with Gasteiger partial charge in [0.1, 0.15) is 5.69 Å². The molecule has 29 heavy (non-hydrogen) atoms. The molecule has 0 bridgehead atoms. The number of urea groups is 1. The van der Waals surface area contributed by atoms with Crippen molar-refractivity contribution in [3.8, 4) is 0 Å². The minimum Gasteiger partial charge on any atom is -0.466 e. The number of nitrogens with one attached hydrogen (secondary N) is 2. The first-order valence-electron chi connectivity index (χ1n) is 9.21. The first kappa shape index (κ1) is 21.1. The molecule has 2 N–H and O–H groups in total. The number of likely N-dealkylation sites (tertiary alicyclic amines) is 1. The van der Waals surface area contributed by atoms with E-state index >= 15 is 0 Å². The molecule has 0 aliphatic carbocycles. The summed E-state index contributed by atoms with van der Waals surface area (Å²) in [4.78, 5) is 42.4. The van der Waals surface area contributed by atoms with Gasteiger partial charge in [-0.2, -0.15) is 0 Å². The van der Waals surface area contributed by atoms with E-state index in [1.54, 1.807) is 41.5 Å². The third-order valence-electron chi connectivity index (χ3n) is 4.43. The summed E-state index contributed by atoms with van der Waals surface area (Å²) in [6.07, 6.45) is 1.14. The SMILES string of the molecule is CCOC(=O)C1CCN(C(=O)c2csc(NC(=O)Nc3cccc(Cl)c3)n2)CC1. The molecule has 154 valence electrons. The molecule has 2 heterocycles. The molecule has 1 aliphatic heterocycles. The van der Waals surface area contributed by atoms with Gasteiger partial charge in [0.2, 0.25) is 0 Å². The van der Waals surface area contributed by atoms with Crippen LogP contribution in [0.3, 0.4) is 0 Å². The Kier molecular flexibility index (Phi) is 7.05. The van der Waals surface area contributed by atoms with Crippen LogP contribution in [0.1, 0.15) is 30.3 Å². The minimum absolute atomic E-state index is 0.165.